The molecule has 0 atom stereocenters. The van der Waals surface area contributed by atoms with Gasteiger partial charge < -0.3 is 8.98 Å². The molecule has 4 nitrogen and oxygen atoms in total. The van der Waals surface area contributed by atoms with Crippen molar-refractivity contribution in [2.45, 2.75) is 0 Å². The fourth-order valence-electron chi connectivity index (χ4n) is 1.72. The zero-order valence-electron chi connectivity index (χ0n) is 9.67. The van der Waals surface area contributed by atoms with E-state index in [1.165, 1.54) is 3.57 Å². The molecule has 0 aliphatic carbocycles. The van der Waals surface area contributed by atoms with Gasteiger partial charge in [0.15, 0.2) is 0 Å². The van der Waals surface area contributed by atoms with E-state index in [0.29, 0.717) is 11.8 Å². The number of nitrogens with zero attached hydrogens (tertiary/aromatic N) is 3. The van der Waals surface area contributed by atoms with Crippen LogP contribution in [0.4, 0.5) is 0 Å². The fraction of sp³-hybridized carbons (Fsp3) is 0.0769. The van der Waals surface area contributed by atoms with Crippen LogP contribution < -0.4 is 0 Å². The van der Waals surface area contributed by atoms with E-state index in [9.17, 15) is 0 Å². The molecule has 0 aliphatic heterocycles. The van der Waals surface area contributed by atoms with Crippen molar-refractivity contribution >= 4 is 22.6 Å². The SMILES string of the molecule is Cn1cccc1-c1nnc(-c2ccc(I)cc2)o1. The van der Waals surface area contributed by atoms with Crippen molar-refractivity contribution in [1.82, 2.24) is 14.8 Å². The second-order valence-corrected chi connectivity index (χ2v) is 5.17. The third kappa shape index (κ3) is 2.05. The smallest absolute Gasteiger partial charge is 0.264 e. The highest BCUT2D eigenvalue weighted by Crippen LogP contribution is 2.24. The van der Waals surface area contributed by atoms with Crippen molar-refractivity contribution in [2.75, 3.05) is 0 Å². The lowest BCUT2D eigenvalue weighted by Crippen LogP contribution is -1.88. The van der Waals surface area contributed by atoms with Crippen molar-refractivity contribution in [3.8, 4) is 23.0 Å². The van der Waals surface area contributed by atoms with Gasteiger partial charge in [0.1, 0.15) is 5.69 Å². The molecule has 0 unspecified atom stereocenters. The average molecular weight is 351 g/mol. The summed E-state index contributed by atoms with van der Waals surface area (Å²) in [6.07, 6.45) is 1.95. The summed E-state index contributed by atoms with van der Waals surface area (Å²) in [7, 11) is 1.95. The topological polar surface area (TPSA) is 43.9 Å². The molecule has 0 radical (unpaired) electrons. The summed E-state index contributed by atoms with van der Waals surface area (Å²) in [4.78, 5) is 0. The molecule has 0 fully saturated rings. The molecule has 0 N–H and O–H groups in total. The Labute approximate surface area is 118 Å². The van der Waals surface area contributed by atoms with Crippen LogP contribution in [0.2, 0.25) is 0 Å². The number of rotatable bonds is 2. The summed E-state index contributed by atoms with van der Waals surface area (Å²) < 4.78 is 8.82. The van der Waals surface area contributed by atoms with Crippen LogP contribution in [-0.4, -0.2) is 14.8 Å². The Hall–Kier alpha value is -1.63. The van der Waals surface area contributed by atoms with Crippen molar-refractivity contribution in [1.29, 1.82) is 0 Å². The Balaban J connectivity index is 1.99. The number of hydrogen-bond donors (Lipinski definition) is 0. The second kappa shape index (κ2) is 4.56. The number of aryl methyl sites for hydroxylation is 1. The molecule has 2 aromatic heterocycles. The molecule has 3 rings (SSSR count). The summed E-state index contributed by atoms with van der Waals surface area (Å²) in [5.41, 5.74) is 1.85. The molecule has 90 valence electrons. The maximum absolute atomic E-state index is 5.69. The first kappa shape index (κ1) is 11.5. The van der Waals surface area contributed by atoms with Gasteiger partial charge in [-0.05, 0) is 59.0 Å². The van der Waals surface area contributed by atoms with E-state index in [4.69, 9.17) is 4.42 Å². The Kier molecular flexibility index (Phi) is 2.91. The quantitative estimate of drug-likeness (QED) is 0.665. The Morgan fingerprint density at radius 2 is 1.78 bits per heavy atom. The highest BCUT2D eigenvalue weighted by Gasteiger charge is 2.12. The van der Waals surface area contributed by atoms with Crippen LogP contribution in [0, 0.1) is 3.57 Å². The molecule has 0 spiro atoms. The van der Waals surface area contributed by atoms with Crippen LogP contribution in [0.3, 0.4) is 0 Å². The van der Waals surface area contributed by atoms with E-state index in [-0.39, 0.29) is 0 Å². The Bertz CT molecular complexity index is 670. The lowest BCUT2D eigenvalue weighted by Gasteiger charge is -1.96. The van der Waals surface area contributed by atoms with E-state index < -0.39 is 0 Å². The van der Waals surface area contributed by atoms with E-state index in [1.54, 1.807) is 0 Å². The van der Waals surface area contributed by atoms with Crippen molar-refractivity contribution in [3.63, 3.8) is 0 Å². The van der Waals surface area contributed by atoms with Crippen molar-refractivity contribution in [3.05, 3.63) is 46.2 Å². The molecule has 18 heavy (non-hydrogen) atoms. The molecular weight excluding hydrogens is 341 g/mol. The van der Waals surface area contributed by atoms with Crippen LogP contribution in [0.5, 0.6) is 0 Å². The van der Waals surface area contributed by atoms with E-state index >= 15 is 0 Å². The van der Waals surface area contributed by atoms with Crippen molar-refractivity contribution in [2.24, 2.45) is 7.05 Å². The van der Waals surface area contributed by atoms with Gasteiger partial charge in [-0.1, -0.05) is 0 Å². The minimum atomic E-state index is 0.538. The van der Waals surface area contributed by atoms with Crippen molar-refractivity contribution < 1.29 is 4.42 Å². The third-order valence-corrected chi connectivity index (χ3v) is 3.40. The lowest BCUT2D eigenvalue weighted by atomic mass is 10.2. The minimum absolute atomic E-state index is 0.538. The van der Waals surface area contributed by atoms with Gasteiger partial charge in [0.25, 0.3) is 5.89 Å². The highest BCUT2D eigenvalue weighted by atomic mass is 127. The molecule has 2 heterocycles. The molecule has 5 heteroatoms. The second-order valence-electron chi connectivity index (χ2n) is 3.92. The molecule has 0 saturated carbocycles. The molecule has 0 aliphatic rings. The maximum Gasteiger partial charge on any atom is 0.264 e. The number of hydrogen-bond acceptors (Lipinski definition) is 3. The molecule has 0 saturated heterocycles. The Morgan fingerprint density at radius 3 is 2.44 bits per heavy atom. The van der Waals surface area contributed by atoms with Gasteiger partial charge in [0.2, 0.25) is 5.89 Å². The van der Waals surface area contributed by atoms with Crippen LogP contribution in [0.25, 0.3) is 23.0 Å². The summed E-state index contributed by atoms with van der Waals surface area (Å²) in [5, 5.41) is 8.16. The molecule has 3 aromatic rings. The van der Waals surface area contributed by atoms with Gasteiger partial charge in [0, 0.05) is 22.4 Å². The molecule has 0 amide bonds. The minimum Gasteiger partial charge on any atom is -0.415 e. The van der Waals surface area contributed by atoms with Gasteiger partial charge in [-0.25, -0.2) is 0 Å². The summed E-state index contributed by atoms with van der Waals surface area (Å²) in [6, 6.07) is 11.9. The predicted molar refractivity (Wildman–Crippen MR) is 76.9 cm³/mol. The van der Waals surface area contributed by atoms with Crippen LogP contribution in [0.15, 0.2) is 47.0 Å². The highest BCUT2D eigenvalue weighted by molar-refractivity contribution is 14.1. The van der Waals surface area contributed by atoms with Gasteiger partial charge in [-0.2, -0.15) is 0 Å². The zero-order valence-corrected chi connectivity index (χ0v) is 11.8. The van der Waals surface area contributed by atoms with E-state index in [2.05, 4.69) is 32.8 Å². The van der Waals surface area contributed by atoms with Crippen LogP contribution in [-0.2, 0) is 7.05 Å². The molecular formula is C13H10IN3O. The fourth-order valence-corrected chi connectivity index (χ4v) is 2.08. The number of benzene rings is 1. The summed E-state index contributed by atoms with van der Waals surface area (Å²) in [6.45, 7) is 0. The standard InChI is InChI=1S/C13H10IN3O/c1-17-8-2-3-11(17)13-16-15-12(18-13)9-4-6-10(14)7-5-9/h2-8H,1H3. The largest absolute Gasteiger partial charge is 0.415 e. The monoisotopic (exact) mass is 351 g/mol. The summed E-state index contributed by atoms with van der Waals surface area (Å²) in [5.74, 6) is 1.08. The van der Waals surface area contributed by atoms with Crippen LogP contribution >= 0.6 is 22.6 Å². The normalized spacial score (nSPS) is 10.8. The van der Waals surface area contributed by atoms with Gasteiger partial charge in [-0.15, -0.1) is 10.2 Å². The van der Waals surface area contributed by atoms with E-state index in [0.717, 1.165) is 11.3 Å². The average Bonchev–Trinajstić information content (AvgIpc) is 2.98. The van der Waals surface area contributed by atoms with Gasteiger partial charge in [-0.3, -0.25) is 0 Å². The molecule has 1 aromatic carbocycles. The number of aromatic nitrogens is 3. The first-order valence-corrected chi connectivity index (χ1v) is 6.53. The first-order chi connectivity index (χ1) is 8.74. The zero-order chi connectivity index (χ0) is 12.5. The van der Waals surface area contributed by atoms with Gasteiger partial charge in [0.05, 0.1) is 0 Å². The number of halogens is 1. The Morgan fingerprint density at radius 1 is 1.06 bits per heavy atom. The first-order valence-electron chi connectivity index (χ1n) is 5.45. The lowest BCUT2D eigenvalue weighted by molar-refractivity contribution is 0.578. The van der Waals surface area contributed by atoms with Gasteiger partial charge >= 0.3 is 0 Å². The van der Waals surface area contributed by atoms with Crippen LogP contribution in [0.1, 0.15) is 0 Å². The molecule has 0 bridgehead atoms. The maximum atomic E-state index is 5.69. The summed E-state index contributed by atoms with van der Waals surface area (Å²) >= 11 is 2.26. The third-order valence-electron chi connectivity index (χ3n) is 2.68. The predicted octanol–water partition coefficient (Wildman–Crippen LogP) is 3.35. The van der Waals surface area contributed by atoms with E-state index in [1.807, 2.05) is 54.2 Å².